The summed E-state index contributed by atoms with van der Waals surface area (Å²) in [5, 5.41) is 14.2. The molecule has 0 atom stereocenters. The van der Waals surface area contributed by atoms with Gasteiger partial charge in [-0.3, -0.25) is 10.1 Å². The number of rotatable bonds is 5. The molecule has 0 aromatic carbocycles. The van der Waals surface area contributed by atoms with E-state index in [9.17, 15) is 10.1 Å². The van der Waals surface area contributed by atoms with E-state index < -0.39 is 4.92 Å². The monoisotopic (exact) mass is 263 g/mol. The predicted molar refractivity (Wildman–Crippen MR) is 65.2 cm³/mol. The minimum atomic E-state index is -0.628. The molecule has 0 aliphatic heterocycles. The standard InChI is InChI=1S/C10H9N5O4/c1-18-8-4-11-10(12-5-8)14-13-6-7-2-3-9(19-7)15(16)17/h2-6H,1H3,(H,11,12,14). The molecule has 9 nitrogen and oxygen atoms in total. The largest absolute Gasteiger partial charge is 0.494 e. The number of hydrazone groups is 1. The second-order valence-electron chi connectivity index (χ2n) is 3.25. The fraction of sp³-hybridized carbons (Fsp3) is 0.100. The summed E-state index contributed by atoms with van der Waals surface area (Å²) in [5.74, 6) is 0.684. The van der Waals surface area contributed by atoms with Gasteiger partial charge in [0.1, 0.15) is 4.92 Å². The van der Waals surface area contributed by atoms with Crippen molar-refractivity contribution in [1.29, 1.82) is 0 Å². The van der Waals surface area contributed by atoms with Crippen LogP contribution < -0.4 is 10.2 Å². The Hall–Kier alpha value is -2.97. The fourth-order valence-electron chi connectivity index (χ4n) is 1.14. The van der Waals surface area contributed by atoms with Gasteiger partial charge in [0.25, 0.3) is 0 Å². The van der Waals surface area contributed by atoms with Gasteiger partial charge in [-0.25, -0.2) is 15.4 Å². The van der Waals surface area contributed by atoms with E-state index >= 15 is 0 Å². The fourth-order valence-corrected chi connectivity index (χ4v) is 1.14. The summed E-state index contributed by atoms with van der Waals surface area (Å²) in [6.07, 6.45) is 4.23. The van der Waals surface area contributed by atoms with E-state index in [-0.39, 0.29) is 17.6 Å². The van der Waals surface area contributed by atoms with Crippen LogP contribution in [0.25, 0.3) is 0 Å². The molecule has 0 fully saturated rings. The Labute approximate surface area is 107 Å². The maximum Gasteiger partial charge on any atom is 0.433 e. The van der Waals surface area contributed by atoms with Gasteiger partial charge in [-0.05, 0) is 6.07 Å². The van der Waals surface area contributed by atoms with Crippen LogP contribution >= 0.6 is 0 Å². The third kappa shape index (κ3) is 3.25. The van der Waals surface area contributed by atoms with Crippen LogP contribution in [0, 0.1) is 10.1 Å². The molecule has 0 bridgehead atoms. The van der Waals surface area contributed by atoms with Crippen LogP contribution in [0.15, 0.2) is 34.0 Å². The third-order valence-electron chi connectivity index (χ3n) is 2.01. The van der Waals surface area contributed by atoms with Crippen molar-refractivity contribution in [2.75, 3.05) is 12.5 Å². The van der Waals surface area contributed by atoms with Gasteiger partial charge >= 0.3 is 5.88 Å². The number of hydrogen-bond donors (Lipinski definition) is 1. The molecule has 2 aromatic heterocycles. The van der Waals surface area contributed by atoms with Crippen LogP contribution in [0.2, 0.25) is 0 Å². The lowest BCUT2D eigenvalue weighted by molar-refractivity contribution is -0.402. The van der Waals surface area contributed by atoms with E-state index in [4.69, 9.17) is 9.15 Å². The zero-order valence-corrected chi connectivity index (χ0v) is 9.81. The van der Waals surface area contributed by atoms with Crippen molar-refractivity contribution in [3.63, 3.8) is 0 Å². The van der Waals surface area contributed by atoms with Crippen molar-refractivity contribution < 1.29 is 14.1 Å². The summed E-state index contributed by atoms with van der Waals surface area (Å²) < 4.78 is 9.77. The molecule has 0 saturated carbocycles. The summed E-state index contributed by atoms with van der Waals surface area (Å²) in [6.45, 7) is 0. The molecule has 0 radical (unpaired) electrons. The second kappa shape index (κ2) is 5.58. The number of nitro groups is 1. The molecule has 0 saturated heterocycles. The highest BCUT2D eigenvalue weighted by atomic mass is 16.6. The number of ether oxygens (including phenoxy) is 1. The van der Waals surface area contributed by atoms with E-state index in [1.54, 1.807) is 0 Å². The van der Waals surface area contributed by atoms with Crippen LogP contribution in [0.1, 0.15) is 5.76 Å². The van der Waals surface area contributed by atoms with Gasteiger partial charge in [0.15, 0.2) is 11.5 Å². The van der Waals surface area contributed by atoms with Gasteiger partial charge < -0.3 is 9.15 Å². The molecule has 0 aliphatic carbocycles. The quantitative estimate of drug-likeness (QED) is 0.492. The van der Waals surface area contributed by atoms with Crippen LogP contribution in [-0.4, -0.2) is 28.2 Å². The maximum absolute atomic E-state index is 10.4. The van der Waals surface area contributed by atoms with Gasteiger partial charge in [-0.15, -0.1) is 0 Å². The van der Waals surface area contributed by atoms with Gasteiger partial charge in [0.2, 0.25) is 5.95 Å². The highest BCUT2D eigenvalue weighted by molar-refractivity contribution is 5.76. The zero-order valence-electron chi connectivity index (χ0n) is 9.81. The Bertz CT molecular complexity index is 592. The van der Waals surface area contributed by atoms with E-state index in [1.165, 1.54) is 37.9 Å². The van der Waals surface area contributed by atoms with Crippen molar-refractivity contribution in [3.8, 4) is 5.75 Å². The molecular weight excluding hydrogens is 254 g/mol. The summed E-state index contributed by atoms with van der Waals surface area (Å²) in [6, 6.07) is 2.67. The number of furan rings is 1. The average molecular weight is 263 g/mol. The third-order valence-corrected chi connectivity index (χ3v) is 2.01. The Balaban J connectivity index is 1.96. The molecule has 0 aliphatic rings. The first-order chi connectivity index (χ1) is 9.19. The predicted octanol–water partition coefficient (Wildman–Crippen LogP) is 1.43. The minimum Gasteiger partial charge on any atom is -0.494 e. The Kier molecular flexibility index (Phi) is 3.67. The van der Waals surface area contributed by atoms with E-state index in [1.807, 2.05) is 0 Å². The number of aromatic nitrogens is 2. The first kappa shape index (κ1) is 12.5. The van der Waals surface area contributed by atoms with Crippen molar-refractivity contribution >= 4 is 18.0 Å². The summed E-state index contributed by atoms with van der Waals surface area (Å²) >= 11 is 0. The number of anilines is 1. The van der Waals surface area contributed by atoms with Crippen LogP contribution in [0.4, 0.5) is 11.8 Å². The molecule has 1 N–H and O–H groups in total. The first-order valence-electron chi connectivity index (χ1n) is 5.08. The summed E-state index contributed by atoms with van der Waals surface area (Å²) in [4.78, 5) is 17.6. The number of methoxy groups -OCH3 is 1. The maximum atomic E-state index is 10.4. The SMILES string of the molecule is COc1cnc(NN=Cc2ccc([N+](=O)[O-])o2)nc1. The zero-order chi connectivity index (χ0) is 13.7. The lowest BCUT2D eigenvalue weighted by atomic mass is 10.5. The van der Waals surface area contributed by atoms with Gasteiger partial charge in [0.05, 0.1) is 31.8 Å². The smallest absolute Gasteiger partial charge is 0.433 e. The van der Waals surface area contributed by atoms with Crippen molar-refractivity contribution in [1.82, 2.24) is 9.97 Å². The molecule has 9 heteroatoms. The molecule has 2 aromatic rings. The Morgan fingerprint density at radius 1 is 1.47 bits per heavy atom. The highest BCUT2D eigenvalue weighted by Gasteiger charge is 2.10. The van der Waals surface area contributed by atoms with Crippen LogP contribution in [0.3, 0.4) is 0 Å². The van der Waals surface area contributed by atoms with Crippen molar-refractivity contribution in [2.45, 2.75) is 0 Å². The molecule has 0 spiro atoms. The van der Waals surface area contributed by atoms with Gasteiger partial charge in [-0.1, -0.05) is 0 Å². The Morgan fingerprint density at radius 3 is 2.79 bits per heavy atom. The highest BCUT2D eigenvalue weighted by Crippen LogP contribution is 2.14. The van der Waals surface area contributed by atoms with Gasteiger partial charge in [0, 0.05) is 0 Å². The molecule has 0 amide bonds. The molecule has 0 unspecified atom stereocenters. The summed E-state index contributed by atoms with van der Waals surface area (Å²) in [5.41, 5.74) is 2.54. The molecule has 19 heavy (non-hydrogen) atoms. The lowest BCUT2D eigenvalue weighted by Gasteiger charge is -1.99. The number of nitrogens with one attached hydrogen (secondary N) is 1. The summed E-state index contributed by atoms with van der Waals surface area (Å²) in [7, 11) is 1.51. The minimum absolute atomic E-state index is 0.243. The van der Waals surface area contributed by atoms with Crippen molar-refractivity contribution in [2.24, 2.45) is 5.10 Å². The van der Waals surface area contributed by atoms with Gasteiger partial charge in [-0.2, -0.15) is 5.10 Å². The number of nitrogens with zero attached hydrogens (tertiary/aromatic N) is 4. The lowest BCUT2D eigenvalue weighted by Crippen LogP contribution is -1.96. The average Bonchev–Trinajstić information content (AvgIpc) is 2.89. The van der Waals surface area contributed by atoms with Crippen molar-refractivity contribution in [3.05, 3.63) is 40.4 Å². The molecule has 2 rings (SSSR count). The first-order valence-corrected chi connectivity index (χ1v) is 5.08. The molecular formula is C10H9N5O4. The van der Waals surface area contributed by atoms with E-state index in [2.05, 4.69) is 20.5 Å². The van der Waals surface area contributed by atoms with E-state index in [0.717, 1.165) is 0 Å². The number of hydrogen-bond acceptors (Lipinski definition) is 8. The second-order valence-corrected chi connectivity index (χ2v) is 3.25. The normalized spacial score (nSPS) is 10.6. The Morgan fingerprint density at radius 2 is 2.21 bits per heavy atom. The van der Waals surface area contributed by atoms with Crippen LogP contribution in [-0.2, 0) is 0 Å². The van der Waals surface area contributed by atoms with Crippen LogP contribution in [0.5, 0.6) is 5.75 Å². The molecule has 98 valence electrons. The molecule has 2 heterocycles. The topological polar surface area (TPSA) is 116 Å². The van der Waals surface area contributed by atoms with E-state index in [0.29, 0.717) is 5.75 Å².